The summed E-state index contributed by atoms with van der Waals surface area (Å²) in [7, 11) is 1.62. The molecular formula is C22H29N5O2. The minimum Gasteiger partial charge on any atom is -0.467 e. The molecule has 2 fully saturated rings. The Morgan fingerprint density at radius 2 is 1.69 bits per heavy atom. The van der Waals surface area contributed by atoms with Gasteiger partial charge >= 0.3 is 6.01 Å². The quantitative estimate of drug-likeness (QED) is 0.792. The molecule has 2 aliphatic heterocycles. The lowest BCUT2D eigenvalue weighted by Crippen LogP contribution is -2.49. The van der Waals surface area contributed by atoms with Crippen LogP contribution >= 0.6 is 0 Å². The number of fused-ring (bicyclic) bond motifs is 2. The molecule has 29 heavy (non-hydrogen) atoms. The monoisotopic (exact) mass is 395 g/mol. The zero-order valence-corrected chi connectivity index (χ0v) is 17.1. The molecule has 1 aromatic carbocycles. The van der Waals surface area contributed by atoms with Crippen molar-refractivity contribution in [1.82, 2.24) is 15.0 Å². The van der Waals surface area contributed by atoms with Gasteiger partial charge in [0.15, 0.2) is 0 Å². The van der Waals surface area contributed by atoms with Crippen molar-refractivity contribution in [3.05, 3.63) is 35.4 Å². The van der Waals surface area contributed by atoms with Crippen LogP contribution in [0.5, 0.6) is 6.01 Å². The Kier molecular flexibility index (Phi) is 4.99. The zero-order chi connectivity index (χ0) is 19.7. The van der Waals surface area contributed by atoms with E-state index in [1.165, 1.54) is 36.8 Å². The fourth-order valence-corrected chi connectivity index (χ4v) is 4.90. The van der Waals surface area contributed by atoms with Crippen LogP contribution in [0.4, 0.5) is 11.9 Å². The van der Waals surface area contributed by atoms with Crippen molar-refractivity contribution < 1.29 is 9.47 Å². The smallest absolute Gasteiger partial charge is 0.322 e. The summed E-state index contributed by atoms with van der Waals surface area (Å²) in [4.78, 5) is 18.6. The number of aryl methyl sites for hydroxylation is 1. The van der Waals surface area contributed by atoms with Crippen molar-refractivity contribution in [3.63, 3.8) is 0 Å². The number of hydrogen-bond donors (Lipinski definition) is 0. The van der Waals surface area contributed by atoms with Crippen molar-refractivity contribution in [2.24, 2.45) is 0 Å². The van der Waals surface area contributed by atoms with E-state index >= 15 is 0 Å². The number of ether oxygens (including phenoxy) is 2. The van der Waals surface area contributed by atoms with Gasteiger partial charge in [0.2, 0.25) is 11.9 Å². The van der Waals surface area contributed by atoms with Crippen LogP contribution in [-0.4, -0.2) is 54.8 Å². The number of aromatic nitrogens is 3. The normalized spacial score (nSPS) is 24.4. The van der Waals surface area contributed by atoms with E-state index in [0.717, 1.165) is 45.0 Å². The fourth-order valence-electron chi connectivity index (χ4n) is 4.90. The van der Waals surface area contributed by atoms with E-state index in [0.29, 0.717) is 18.6 Å². The van der Waals surface area contributed by atoms with Crippen LogP contribution in [0, 0.1) is 0 Å². The summed E-state index contributed by atoms with van der Waals surface area (Å²) in [6, 6.07) is 9.04. The summed E-state index contributed by atoms with van der Waals surface area (Å²) in [6.07, 6.45) is 6.98. The van der Waals surface area contributed by atoms with Crippen LogP contribution in [-0.2, 0) is 16.8 Å². The predicted octanol–water partition coefficient (Wildman–Crippen LogP) is 2.94. The van der Waals surface area contributed by atoms with Crippen molar-refractivity contribution in [2.75, 3.05) is 49.7 Å². The molecule has 3 heterocycles. The summed E-state index contributed by atoms with van der Waals surface area (Å²) >= 11 is 0. The molecule has 5 rings (SSSR count). The molecule has 1 unspecified atom stereocenters. The average molecular weight is 396 g/mol. The maximum atomic E-state index is 6.37. The van der Waals surface area contributed by atoms with Gasteiger partial charge in [-0.3, -0.25) is 0 Å². The summed E-state index contributed by atoms with van der Waals surface area (Å²) in [5.74, 6) is 1.43. The molecule has 0 amide bonds. The largest absolute Gasteiger partial charge is 0.467 e. The second-order valence-electron chi connectivity index (χ2n) is 8.24. The number of methoxy groups -OCH3 is 1. The molecule has 0 N–H and O–H groups in total. The van der Waals surface area contributed by atoms with E-state index in [-0.39, 0.29) is 5.60 Å². The van der Waals surface area contributed by atoms with E-state index in [1.807, 2.05) is 0 Å². The highest BCUT2D eigenvalue weighted by Gasteiger charge is 2.44. The standard InChI is InChI=1S/C22H29N5O2/c1-28-21-24-19(26-12-6-2-3-7-13-26)23-20(25-21)27-14-15-29-22(16-27)11-10-17-8-4-5-9-18(17)22/h4-5,8-9H,2-3,6-7,10-16H2,1H3. The first-order valence-corrected chi connectivity index (χ1v) is 10.8. The maximum absolute atomic E-state index is 6.37. The Morgan fingerprint density at radius 3 is 2.48 bits per heavy atom. The molecule has 0 saturated carbocycles. The minimum absolute atomic E-state index is 0.266. The Hall–Kier alpha value is -2.41. The lowest BCUT2D eigenvalue weighted by molar-refractivity contribution is -0.0596. The van der Waals surface area contributed by atoms with E-state index in [2.05, 4.69) is 44.0 Å². The van der Waals surface area contributed by atoms with Gasteiger partial charge < -0.3 is 19.3 Å². The van der Waals surface area contributed by atoms with E-state index in [1.54, 1.807) is 7.11 Å². The lowest BCUT2D eigenvalue weighted by Gasteiger charge is -2.41. The number of nitrogens with zero attached hydrogens (tertiary/aromatic N) is 5. The van der Waals surface area contributed by atoms with E-state index in [9.17, 15) is 0 Å². The van der Waals surface area contributed by atoms with Crippen LogP contribution < -0.4 is 14.5 Å². The Balaban J connectivity index is 1.45. The van der Waals surface area contributed by atoms with Gasteiger partial charge in [-0.1, -0.05) is 37.1 Å². The van der Waals surface area contributed by atoms with Gasteiger partial charge in [0.25, 0.3) is 0 Å². The summed E-state index contributed by atoms with van der Waals surface area (Å²) in [6.45, 7) is 4.19. The van der Waals surface area contributed by atoms with Crippen molar-refractivity contribution >= 4 is 11.9 Å². The maximum Gasteiger partial charge on any atom is 0.322 e. The summed E-state index contributed by atoms with van der Waals surface area (Å²) < 4.78 is 11.8. The van der Waals surface area contributed by atoms with Gasteiger partial charge in [0, 0.05) is 19.6 Å². The number of benzene rings is 1. The molecule has 1 spiro atoms. The molecule has 1 atom stereocenters. The first kappa shape index (κ1) is 18.6. The van der Waals surface area contributed by atoms with Crippen LogP contribution in [0.2, 0.25) is 0 Å². The SMILES string of the molecule is COc1nc(N2CCCCCC2)nc(N2CCOC3(CCc4ccccc43)C2)n1. The first-order valence-electron chi connectivity index (χ1n) is 10.8. The number of anilines is 2. The van der Waals surface area contributed by atoms with Crippen LogP contribution in [0.25, 0.3) is 0 Å². The van der Waals surface area contributed by atoms with Crippen LogP contribution in [0.1, 0.15) is 43.2 Å². The zero-order valence-electron chi connectivity index (χ0n) is 17.1. The number of rotatable bonds is 3. The molecular weight excluding hydrogens is 366 g/mol. The molecule has 2 saturated heterocycles. The third-order valence-electron chi connectivity index (χ3n) is 6.44. The van der Waals surface area contributed by atoms with Gasteiger partial charge in [-0.05, 0) is 36.8 Å². The van der Waals surface area contributed by atoms with Gasteiger partial charge in [-0.2, -0.15) is 15.0 Å². The number of hydrogen-bond acceptors (Lipinski definition) is 7. The highest BCUT2D eigenvalue weighted by atomic mass is 16.5. The van der Waals surface area contributed by atoms with Crippen LogP contribution in [0.3, 0.4) is 0 Å². The average Bonchev–Trinajstić information content (AvgIpc) is 2.95. The topological polar surface area (TPSA) is 63.6 Å². The van der Waals surface area contributed by atoms with Gasteiger partial charge in [0.05, 0.1) is 20.3 Å². The van der Waals surface area contributed by atoms with E-state index < -0.39 is 0 Å². The highest BCUT2D eigenvalue weighted by Crippen LogP contribution is 2.42. The van der Waals surface area contributed by atoms with Crippen molar-refractivity contribution in [2.45, 2.75) is 44.1 Å². The second-order valence-corrected chi connectivity index (χ2v) is 8.24. The molecule has 1 aromatic heterocycles. The predicted molar refractivity (Wildman–Crippen MR) is 112 cm³/mol. The molecule has 7 heteroatoms. The molecule has 0 radical (unpaired) electrons. The van der Waals surface area contributed by atoms with Gasteiger partial charge in [0.1, 0.15) is 5.60 Å². The Bertz CT molecular complexity index is 864. The number of morpholine rings is 1. The molecule has 154 valence electrons. The minimum atomic E-state index is -0.266. The Morgan fingerprint density at radius 1 is 0.931 bits per heavy atom. The summed E-state index contributed by atoms with van der Waals surface area (Å²) in [5.41, 5.74) is 2.45. The van der Waals surface area contributed by atoms with E-state index in [4.69, 9.17) is 14.5 Å². The molecule has 7 nitrogen and oxygen atoms in total. The molecule has 1 aliphatic carbocycles. The highest BCUT2D eigenvalue weighted by molar-refractivity contribution is 5.45. The first-order chi connectivity index (χ1) is 14.3. The van der Waals surface area contributed by atoms with Crippen LogP contribution in [0.15, 0.2) is 24.3 Å². The molecule has 2 aromatic rings. The second kappa shape index (κ2) is 7.78. The Labute approximate surface area is 172 Å². The lowest BCUT2D eigenvalue weighted by atomic mass is 9.94. The van der Waals surface area contributed by atoms with Crippen molar-refractivity contribution in [1.29, 1.82) is 0 Å². The fraction of sp³-hybridized carbons (Fsp3) is 0.591. The van der Waals surface area contributed by atoms with Gasteiger partial charge in [-0.15, -0.1) is 0 Å². The summed E-state index contributed by atoms with van der Waals surface area (Å²) in [5, 5.41) is 0. The third kappa shape index (κ3) is 3.52. The molecule has 3 aliphatic rings. The molecule has 0 bridgehead atoms. The van der Waals surface area contributed by atoms with Crippen molar-refractivity contribution in [3.8, 4) is 6.01 Å². The van der Waals surface area contributed by atoms with Gasteiger partial charge in [-0.25, -0.2) is 0 Å². The third-order valence-corrected chi connectivity index (χ3v) is 6.44.